The average molecular weight is 469 g/mol. The molecule has 0 radical (unpaired) electrons. The van der Waals surface area contributed by atoms with E-state index < -0.39 is 11.7 Å². The molecule has 1 saturated heterocycles. The number of aromatic nitrogens is 1. The molecule has 1 aromatic carbocycles. The molecule has 8 heteroatoms. The number of likely N-dealkylation sites (tertiary alicyclic amines) is 1. The Bertz CT molecular complexity index is 1210. The summed E-state index contributed by atoms with van der Waals surface area (Å²) < 4.78 is 12.0. The minimum Gasteiger partial charge on any atom is -0.495 e. The van der Waals surface area contributed by atoms with E-state index in [0.717, 1.165) is 5.52 Å². The smallest absolute Gasteiger partial charge is 0.309 e. The summed E-state index contributed by atoms with van der Waals surface area (Å²) in [6.07, 6.45) is 2.72. The number of nitrogens with zero attached hydrogens (tertiary/aromatic N) is 2. The van der Waals surface area contributed by atoms with Crippen molar-refractivity contribution in [3.8, 4) is 16.9 Å². The van der Waals surface area contributed by atoms with Crippen LogP contribution >= 0.6 is 11.6 Å². The summed E-state index contributed by atoms with van der Waals surface area (Å²) in [5, 5.41) is 0.413. The summed E-state index contributed by atoms with van der Waals surface area (Å²) in [5.74, 6) is -1.14. The van der Waals surface area contributed by atoms with E-state index in [1.54, 1.807) is 29.7 Å². The number of hydrogen-bond donors (Lipinski definition) is 0. The summed E-state index contributed by atoms with van der Waals surface area (Å²) in [7, 11) is 1.53. The number of pyridine rings is 1. The van der Waals surface area contributed by atoms with Gasteiger partial charge in [-0.1, -0.05) is 23.7 Å². The van der Waals surface area contributed by atoms with Gasteiger partial charge >= 0.3 is 5.97 Å². The maximum atomic E-state index is 13.5. The number of ketones is 1. The van der Waals surface area contributed by atoms with Gasteiger partial charge < -0.3 is 18.8 Å². The van der Waals surface area contributed by atoms with E-state index in [2.05, 4.69) is 0 Å². The molecule has 7 nitrogen and oxygen atoms in total. The topological polar surface area (TPSA) is 77.3 Å². The molecular formula is C25H25ClN2O5. The second kappa shape index (κ2) is 9.67. The van der Waals surface area contributed by atoms with Crippen molar-refractivity contribution < 1.29 is 23.9 Å². The number of fused-ring (bicyclic) bond motifs is 1. The van der Waals surface area contributed by atoms with Gasteiger partial charge in [0.05, 0.1) is 24.7 Å². The Balaban J connectivity index is 1.64. The molecule has 2 aromatic heterocycles. The van der Waals surface area contributed by atoms with Gasteiger partial charge in [-0.25, -0.2) is 0 Å². The molecule has 0 unspecified atom stereocenters. The molecule has 0 bridgehead atoms. The first-order valence-electron chi connectivity index (χ1n) is 10.9. The van der Waals surface area contributed by atoms with Gasteiger partial charge in [-0.3, -0.25) is 14.4 Å². The fourth-order valence-corrected chi connectivity index (χ4v) is 4.49. The summed E-state index contributed by atoms with van der Waals surface area (Å²) in [5.41, 5.74) is 2.40. The molecule has 0 atom stereocenters. The summed E-state index contributed by atoms with van der Waals surface area (Å²) in [4.78, 5) is 40.2. The molecule has 1 aliphatic rings. The zero-order valence-electron chi connectivity index (χ0n) is 18.5. The highest BCUT2D eigenvalue weighted by Gasteiger charge is 2.33. The number of amides is 1. The van der Waals surface area contributed by atoms with Crippen LogP contribution in [-0.4, -0.2) is 53.8 Å². The molecule has 3 aromatic rings. The van der Waals surface area contributed by atoms with Crippen LogP contribution in [0.1, 0.15) is 30.3 Å². The number of ether oxygens (including phenoxy) is 2. The molecule has 3 heterocycles. The van der Waals surface area contributed by atoms with Crippen molar-refractivity contribution in [2.24, 2.45) is 5.92 Å². The fourth-order valence-electron chi connectivity index (χ4n) is 4.23. The molecule has 33 heavy (non-hydrogen) atoms. The van der Waals surface area contributed by atoms with Crippen molar-refractivity contribution in [1.82, 2.24) is 9.30 Å². The lowest BCUT2D eigenvalue weighted by atomic mass is 9.96. The van der Waals surface area contributed by atoms with Crippen molar-refractivity contribution in [2.75, 3.05) is 26.8 Å². The molecule has 1 amide bonds. The van der Waals surface area contributed by atoms with Crippen LogP contribution in [0.2, 0.25) is 5.02 Å². The molecule has 1 fully saturated rings. The van der Waals surface area contributed by atoms with Crippen LogP contribution in [0.5, 0.6) is 5.75 Å². The van der Waals surface area contributed by atoms with Gasteiger partial charge in [0, 0.05) is 30.4 Å². The van der Waals surface area contributed by atoms with Crippen molar-refractivity contribution in [1.29, 1.82) is 0 Å². The number of Topliss-reactive ketones (excluding diaryl/α,β-unsaturated/α-hetero) is 1. The SMILES string of the molecule is CCOC(=O)C1CCN(C(=O)C(=O)c2c(-c3ccc(OC)c(Cl)c3)cc3ccccn23)CC1. The highest BCUT2D eigenvalue weighted by atomic mass is 35.5. The van der Waals surface area contributed by atoms with E-state index in [9.17, 15) is 14.4 Å². The average Bonchev–Trinajstić information content (AvgIpc) is 3.23. The predicted molar refractivity (Wildman–Crippen MR) is 125 cm³/mol. The predicted octanol–water partition coefficient (Wildman–Crippen LogP) is 4.25. The van der Waals surface area contributed by atoms with Crippen LogP contribution in [0.25, 0.3) is 16.6 Å². The standard InChI is InChI=1S/C25H25ClN2O5/c1-3-33-25(31)16-9-12-27(13-10-16)24(30)23(29)22-19(15-18-6-4-5-11-28(18)22)17-7-8-21(32-2)20(26)14-17/h4-8,11,14-16H,3,9-10,12-13H2,1-2H3. The van der Waals surface area contributed by atoms with E-state index >= 15 is 0 Å². The molecule has 0 saturated carbocycles. The van der Waals surface area contributed by atoms with E-state index in [4.69, 9.17) is 21.1 Å². The Labute approximate surface area is 196 Å². The maximum absolute atomic E-state index is 13.5. The molecular weight excluding hydrogens is 444 g/mol. The first-order chi connectivity index (χ1) is 15.9. The molecule has 4 rings (SSSR count). The van der Waals surface area contributed by atoms with Gasteiger partial charge in [-0.2, -0.15) is 0 Å². The number of methoxy groups -OCH3 is 1. The number of rotatable bonds is 6. The van der Waals surface area contributed by atoms with Crippen LogP contribution in [0.15, 0.2) is 48.7 Å². The highest BCUT2D eigenvalue weighted by Crippen LogP contribution is 2.34. The van der Waals surface area contributed by atoms with Crippen LogP contribution in [-0.2, 0) is 14.3 Å². The lowest BCUT2D eigenvalue weighted by Crippen LogP contribution is -2.44. The number of esters is 1. The van der Waals surface area contributed by atoms with Gasteiger partial charge in [0.15, 0.2) is 0 Å². The van der Waals surface area contributed by atoms with Gasteiger partial charge in [-0.15, -0.1) is 0 Å². The molecule has 0 spiro atoms. The first-order valence-corrected chi connectivity index (χ1v) is 11.3. The molecule has 0 N–H and O–H groups in total. The number of piperidine rings is 1. The second-order valence-corrected chi connectivity index (χ2v) is 8.31. The first kappa shape index (κ1) is 22.9. The Kier molecular flexibility index (Phi) is 6.70. The quantitative estimate of drug-likeness (QED) is 0.307. The van der Waals surface area contributed by atoms with E-state index in [0.29, 0.717) is 54.4 Å². The molecule has 172 valence electrons. The number of halogens is 1. The molecule has 0 aliphatic carbocycles. The van der Waals surface area contributed by atoms with Crippen LogP contribution in [0.3, 0.4) is 0 Å². The van der Waals surface area contributed by atoms with Gasteiger partial charge in [0.2, 0.25) is 0 Å². The minimum atomic E-state index is -0.599. The summed E-state index contributed by atoms with van der Waals surface area (Å²) >= 11 is 6.33. The normalized spacial score (nSPS) is 14.3. The van der Waals surface area contributed by atoms with Crippen molar-refractivity contribution in [3.63, 3.8) is 0 Å². The fraction of sp³-hybridized carbons (Fsp3) is 0.320. The third kappa shape index (κ3) is 4.46. The molecule has 1 aliphatic heterocycles. The number of carbonyl (C=O) groups excluding carboxylic acids is 3. The Morgan fingerprint density at radius 1 is 1.09 bits per heavy atom. The van der Waals surface area contributed by atoms with Crippen molar-refractivity contribution >= 4 is 34.8 Å². The second-order valence-electron chi connectivity index (χ2n) is 7.90. The third-order valence-electron chi connectivity index (χ3n) is 5.95. The Morgan fingerprint density at radius 3 is 2.52 bits per heavy atom. The monoisotopic (exact) mass is 468 g/mol. The number of carbonyl (C=O) groups is 3. The van der Waals surface area contributed by atoms with Crippen molar-refractivity contribution in [2.45, 2.75) is 19.8 Å². The van der Waals surface area contributed by atoms with E-state index in [1.807, 2.05) is 30.3 Å². The lowest BCUT2D eigenvalue weighted by Gasteiger charge is -2.30. The highest BCUT2D eigenvalue weighted by molar-refractivity contribution is 6.43. The Morgan fingerprint density at radius 2 is 1.85 bits per heavy atom. The van der Waals surface area contributed by atoms with Gasteiger partial charge in [0.1, 0.15) is 11.4 Å². The largest absolute Gasteiger partial charge is 0.495 e. The van der Waals surface area contributed by atoms with E-state index in [-0.39, 0.29) is 17.6 Å². The van der Waals surface area contributed by atoms with Crippen LogP contribution in [0.4, 0.5) is 0 Å². The Hall–Kier alpha value is -3.32. The van der Waals surface area contributed by atoms with Crippen LogP contribution < -0.4 is 4.74 Å². The zero-order chi connectivity index (χ0) is 23.5. The number of hydrogen-bond acceptors (Lipinski definition) is 5. The number of benzene rings is 1. The summed E-state index contributed by atoms with van der Waals surface area (Å²) in [6, 6.07) is 12.7. The van der Waals surface area contributed by atoms with Crippen molar-refractivity contribution in [3.05, 3.63) is 59.4 Å². The maximum Gasteiger partial charge on any atom is 0.309 e. The summed E-state index contributed by atoms with van der Waals surface area (Å²) in [6.45, 7) is 2.77. The zero-order valence-corrected chi connectivity index (χ0v) is 19.3. The lowest BCUT2D eigenvalue weighted by molar-refractivity contribution is -0.150. The van der Waals surface area contributed by atoms with E-state index in [1.165, 1.54) is 12.0 Å². The third-order valence-corrected chi connectivity index (χ3v) is 6.25. The van der Waals surface area contributed by atoms with Crippen LogP contribution in [0, 0.1) is 5.92 Å². The minimum absolute atomic E-state index is 0.241. The van der Waals surface area contributed by atoms with Gasteiger partial charge in [0.25, 0.3) is 11.7 Å². The van der Waals surface area contributed by atoms with Gasteiger partial charge in [-0.05, 0) is 55.7 Å².